The lowest BCUT2D eigenvalue weighted by Gasteiger charge is -2.64. The summed E-state index contributed by atoms with van der Waals surface area (Å²) >= 11 is 2.31. The summed E-state index contributed by atoms with van der Waals surface area (Å²) in [5.74, 6) is 1.06. The van der Waals surface area contributed by atoms with E-state index in [9.17, 15) is 0 Å². The van der Waals surface area contributed by atoms with Crippen LogP contribution in [0.25, 0.3) is 0 Å². The van der Waals surface area contributed by atoms with Gasteiger partial charge in [-0.2, -0.15) is 0 Å². The Labute approximate surface area is 85.9 Å². The Morgan fingerprint density at radius 1 is 0.923 bits per heavy atom. The molecule has 2 aliphatic carbocycles. The zero-order valence-electron chi connectivity index (χ0n) is 9.02. The van der Waals surface area contributed by atoms with Gasteiger partial charge in [-0.25, -0.2) is 0 Å². The number of hydrogen-bond acceptors (Lipinski definition) is 1. The quantitative estimate of drug-likeness (QED) is 0.567. The maximum atomic E-state index is 2.54. The van der Waals surface area contributed by atoms with Crippen molar-refractivity contribution >= 4 is 11.8 Å². The van der Waals surface area contributed by atoms with E-state index in [1.54, 1.807) is 0 Å². The van der Waals surface area contributed by atoms with Gasteiger partial charge in [0, 0.05) is 9.49 Å². The van der Waals surface area contributed by atoms with E-state index in [4.69, 9.17) is 0 Å². The van der Waals surface area contributed by atoms with Crippen molar-refractivity contribution in [2.24, 2.45) is 11.3 Å². The maximum Gasteiger partial charge on any atom is 0.0145 e. The Balaban J connectivity index is 2.03. The first kappa shape index (κ1) is 8.64. The Morgan fingerprint density at radius 2 is 1.46 bits per heavy atom. The summed E-state index contributed by atoms with van der Waals surface area (Å²) in [5.41, 5.74) is 0.704. The van der Waals surface area contributed by atoms with Crippen molar-refractivity contribution in [1.29, 1.82) is 0 Å². The fraction of sp³-hybridized carbons (Fsp3) is 1.00. The molecule has 4 aliphatic rings. The lowest BCUT2D eigenvalue weighted by Crippen LogP contribution is -2.56. The summed E-state index contributed by atoms with van der Waals surface area (Å²) in [5, 5.41) is 0. The van der Waals surface area contributed by atoms with Crippen LogP contribution in [0.3, 0.4) is 0 Å². The van der Waals surface area contributed by atoms with Crippen LogP contribution < -0.4 is 0 Å². The molecule has 2 unspecified atom stereocenters. The third kappa shape index (κ3) is 1.19. The molecule has 2 saturated heterocycles. The van der Waals surface area contributed by atoms with Crippen molar-refractivity contribution in [3.8, 4) is 0 Å². The average molecular weight is 196 g/mol. The van der Waals surface area contributed by atoms with Gasteiger partial charge in [0.2, 0.25) is 0 Å². The Kier molecular flexibility index (Phi) is 1.41. The van der Waals surface area contributed by atoms with Crippen LogP contribution in [0.15, 0.2) is 0 Å². The zero-order valence-corrected chi connectivity index (χ0v) is 9.84. The van der Waals surface area contributed by atoms with Crippen molar-refractivity contribution < 1.29 is 0 Å². The van der Waals surface area contributed by atoms with Crippen LogP contribution in [0.4, 0.5) is 0 Å². The van der Waals surface area contributed by atoms with Gasteiger partial charge in [0.1, 0.15) is 0 Å². The molecule has 2 saturated carbocycles. The largest absolute Gasteiger partial charge is 0.149 e. The van der Waals surface area contributed by atoms with E-state index in [1.807, 2.05) is 0 Å². The molecule has 0 spiro atoms. The van der Waals surface area contributed by atoms with E-state index in [1.165, 1.54) is 32.1 Å². The van der Waals surface area contributed by atoms with E-state index in [2.05, 4.69) is 32.5 Å². The van der Waals surface area contributed by atoms with Crippen LogP contribution in [-0.2, 0) is 0 Å². The predicted octanol–water partition coefficient (Wildman–Crippen LogP) is 3.85. The van der Waals surface area contributed by atoms with E-state index in [0.717, 1.165) is 5.92 Å². The van der Waals surface area contributed by atoms with E-state index in [-0.39, 0.29) is 0 Å². The van der Waals surface area contributed by atoms with Crippen LogP contribution in [0, 0.1) is 11.3 Å². The number of thioether (sulfide) groups is 1. The summed E-state index contributed by atoms with van der Waals surface area (Å²) in [6.45, 7) is 7.56. The molecule has 4 rings (SSSR count). The van der Waals surface area contributed by atoms with Gasteiger partial charge < -0.3 is 0 Å². The van der Waals surface area contributed by atoms with Gasteiger partial charge in [-0.3, -0.25) is 0 Å². The van der Waals surface area contributed by atoms with E-state index >= 15 is 0 Å². The predicted molar refractivity (Wildman–Crippen MR) is 59.1 cm³/mol. The van der Waals surface area contributed by atoms with E-state index in [0.29, 0.717) is 14.9 Å². The molecule has 2 atom stereocenters. The Morgan fingerprint density at radius 3 is 1.85 bits per heavy atom. The third-order valence-corrected chi connectivity index (χ3v) is 5.92. The molecule has 0 N–H and O–H groups in total. The monoisotopic (exact) mass is 196 g/mol. The molecule has 1 heteroatoms. The maximum absolute atomic E-state index is 2.54. The van der Waals surface area contributed by atoms with Crippen molar-refractivity contribution in [2.75, 3.05) is 0 Å². The van der Waals surface area contributed by atoms with Crippen LogP contribution in [0.5, 0.6) is 0 Å². The Bertz CT molecular complexity index is 207. The topological polar surface area (TPSA) is 0 Å². The van der Waals surface area contributed by atoms with Gasteiger partial charge in [0.25, 0.3) is 0 Å². The molecule has 0 amide bonds. The average Bonchev–Trinajstić information content (AvgIpc) is 1.71. The summed E-state index contributed by atoms with van der Waals surface area (Å²) in [7, 11) is 0. The van der Waals surface area contributed by atoms with Gasteiger partial charge >= 0.3 is 0 Å². The second-order valence-electron chi connectivity index (χ2n) is 6.64. The molecule has 0 aromatic carbocycles. The first-order chi connectivity index (χ1) is 5.91. The SMILES string of the molecule is CC12CC3CC(C)(C1)SC(C)(C3)C2. The summed E-state index contributed by atoms with van der Waals surface area (Å²) < 4.78 is 1.28. The highest BCUT2D eigenvalue weighted by Gasteiger charge is 2.58. The normalized spacial score (nSPS) is 64.4. The minimum absolute atomic E-state index is 0.642. The fourth-order valence-electron chi connectivity index (χ4n) is 5.04. The molecule has 0 aromatic heterocycles. The molecule has 0 radical (unpaired) electrons. The minimum atomic E-state index is 0.642. The van der Waals surface area contributed by atoms with Gasteiger partial charge in [0.05, 0.1) is 0 Å². The first-order valence-corrected chi connectivity index (χ1v) is 6.42. The molecule has 4 bridgehead atoms. The molecular weight excluding hydrogens is 176 g/mol. The lowest BCUT2D eigenvalue weighted by atomic mass is 9.56. The number of hydrogen-bond donors (Lipinski definition) is 0. The van der Waals surface area contributed by atoms with Gasteiger partial charge in [-0.1, -0.05) is 20.8 Å². The van der Waals surface area contributed by atoms with Crippen molar-refractivity contribution in [2.45, 2.75) is 62.4 Å². The first-order valence-electron chi connectivity index (χ1n) is 5.61. The second-order valence-corrected chi connectivity index (χ2v) is 8.82. The highest BCUT2D eigenvalue weighted by molar-refractivity contribution is 8.02. The van der Waals surface area contributed by atoms with Crippen LogP contribution >= 0.6 is 11.8 Å². The molecule has 13 heavy (non-hydrogen) atoms. The van der Waals surface area contributed by atoms with Gasteiger partial charge in [-0.15, -0.1) is 11.8 Å². The molecule has 0 aromatic rings. The van der Waals surface area contributed by atoms with E-state index < -0.39 is 0 Å². The zero-order chi connectivity index (χ0) is 9.32. The standard InChI is InChI=1S/C12H20S/c1-10-4-9-5-11(2,7-10)13-12(3,6-9)8-10/h9H,4-8H2,1-3H3. The van der Waals surface area contributed by atoms with Crippen molar-refractivity contribution in [3.05, 3.63) is 0 Å². The lowest BCUT2D eigenvalue weighted by molar-refractivity contribution is 0.0385. The molecule has 2 heterocycles. The second kappa shape index (κ2) is 2.13. The van der Waals surface area contributed by atoms with Crippen LogP contribution in [0.2, 0.25) is 0 Å². The highest BCUT2D eigenvalue weighted by Crippen LogP contribution is 2.69. The fourth-order valence-corrected chi connectivity index (χ4v) is 7.71. The summed E-state index contributed by atoms with van der Waals surface area (Å²) in [4.78, 5) is 0. The molecule has 2 aliphatic heterocycles. The van der Waals surface area contributed by atoms with Gasteiger partial charge in [-0.05, 0) is 43.4 Å². The molecule has 74 valence electrons. The Hall–Kier alpha value is 0.350. The van der Waals surface area contributed by atoms with Crippen LogP contribution in [-0.4, -0.2) is 9.49 Å². The smallest absolute Gasteiger partial charge is 0.0145 e. The molecule has 4 fully saturated rings. The summed E-state index contributed by atoms with van der Waals surface area (Å²) in [6, 6.07) is 0. The van der Waals surface area contributed by atoms with Gasteiger partial charge in [0.15, 0.2) is 0 Å². The molecular formula is C12H20S. The third-order valence-electron chi connectivity index (χ3n) is 4.32. The summed E-state index contributed by atoms with van der Waals surface area (Å²) in [6.07, 6.45) is 7.50. The van der Waals surface area contributed by atoms with Crippen LogP contribution in [0.1, 0.15) is 52.9 Å². The molecule has 0 nitrogen and oxygen atoms in total. The minimum Gasteiger partial charge on any atom is -0.149 e. The highest BCUT2D eigenvalue weighted by atomic mass is 32.2. The van der Waals surface area contributed by atoms with Crippen molar-refractivity contribution in [1.82, 2.24) is 0 Å². The van der Waals surface area contributed by atoms with Crippen molar-refractivity contribution in [3.63, 3.8) is 0 Å². The number of rotatable bonds is 0.